The smallest absolute Gasteiger partial charge is 0.0399 e. The van der Waals surface area contributed by atoms with Gasteiger partial charge in [-0.05, 0) is 43.9 Å². The molecular weight excluding hydrogens is 158 g/mol. The van der Waals surface area contributed by atoms with Crippen LogP contribution in [-0.4, -0.2) is 6.54 Å². The first kappa shape index (κ1) is 10.1. The Balaban J connectivity index is 3.07. The number of rotatable bonds is 3. The molecule has 0 aliphatic heterocycles. The normalized spacial score (nSPS) is 10.2. The summed E-state index contributed by atoms with van der Waals surface area (Å²) in [5.41, 5.74) is 5.45. The molecule has 1 heteroatoms. The summed E-state index contributed by atoms with van der Waals surface area (Å²) in [6.07, 6.45) is 1.12. The van der Waals surface area contributed by atoms with Crippen LogP contribution < -0.4 is 5.32 Å². The van der Waals surface area contributed by atoms with Crippen molar-refractivity contribution in [3.63, 3.8) is 0 Å². The molecule has 1 N–H and O–H groups in total. The van der Waals surface area contributed by atoms with E-state index >= 15 is 0 Å². The second-order valence-corrected chi connectivity index (χ2v) is 3.49. The Kier molecular flexibility index (Phi) is 3.35. The van der Waals surface area contributed by atoms with Gasteiger partial charge in [0.05, 0.1) is 0 Å². The zero-order chi connectivity index (χ0) is 9.84. The fourth-order valence-electron chi connectivity index (χ4n) is 1.71. The van der Waals surface area contributed by atoms with E-state index in [1.54, 1.807) is 0 Å². The summed E-state index contributed by atoms with van der Waals surface area (Å²) in [6.45, 7) is 9.66. The highest BCUT2D eigenvalue weighted by Crippen LogP contribution is 2.22. The van der Waals surface area contributed by atoms with Gasteiger partial charge < -0.3 is 5.32 Å². The van der Waals surface area contributed by atoms with Crippen LogP contribution in [0.1, 0.15) is 30.5 Å². The quantitative estimate of drug-likeness (QED) is 0.747. The van der Waals surface area contributed by atoms with Gasteiger partial charge in [0.15, 0.2) is 0 Å². The van der Waals surface area contributed by atoms with E-state index in [-0.39, 0.29) is 0 Å². The SMILES string of the molecule is CCNc1c(C)cc(CC)cc1C. The number of nitrogens with one attached hydrogen (secondary N) is 1. The first-order valence-corrected chi connectivity index (χ1v) is 5.03. The largest absolute Gasteiger partial charge is 0.385 e. The van der Waals surface area contributed by atoms with Crippen LogP contribution in [0.2, 0.25) is 0 Å². The first-order chi connectivity index (χ1) is 6.19. The van der Waals surface area contributed by atoms with Gasteiger partial charge in [-0.2, -0.15) is 0 Å². The van der Waals surface area contributed by atoms with E-state index in [9.17, 15) is 0 Å². The van der Waals surface area contributed by atoms with Crippen LogP contribution >= 0.6 is 0 Å². The predicted octanol–water partition coefficient (Wildman–Crippen LogP) is 3.30. The zero-order valence-electron chi connectivity index (χ0n) is 9.07. The van der Waals surface area contributed by atoms with Crippen molar-refractivity contribution >= 4 is 5.69 Å². The highest BCUT2D eigenvalue weighted by atomic mass is 14.9. The van der Waals surface area contributed by atoms with E-state index in [4.69, 9.17) is 0 Å². The lowest BCUT2D eigenvalue weighted by atomic mass is 10.0. The van der Waals surface area contributed by atoms with Gasteiger partial charge >= 0.3 is 0 Å². The van der Waals surface area contributed by atoms with Crippen molar-refractivity contribution in [2.75, 3.05) is 11.9 Å². The highest BCUT2D eigenvalue weighted by molar-refractivity contribution is 5.58. The second kappa shape index (κ2) is 4.31. The van der Waals surface area contributed by atoms with E-state index in [1.165, 1.54) is 22.4 Å². The van der Waals surface area contributed by atoms with Crippen LogP contribution in [0.4, 0.5) is 5.69 Å². The Morgan fingerprint density at radius 2 is 1.62 bits per heavy atom. The maximum Gasteiger partial charge on any atom is 0.0399 e. The number of aryl methyl sites for hydroxylation is 3. The first-order valence-electron chi connectivity index (χ1n) is 5.03. The van der Waals surface area contributed by atoms with E-state index in [0.717, 1.165) is 13.0 Å². The summed E-state index contributed by atoms with van der Waals surface area (Å²) in [7, 11) is 0. The molecule has 1 nitrogen and oxygen atoms in total. The van der Waals surface area contributed by atoms with Gasteiger partial charge in [-0.1, -0.05) is 19.1 Å². The van der Waals surface area contributed by atoms with Crippen molar-refractivity contribution in [2.24, 2.45) is 0 Å². The lowest BCUT2D eigenvalue weighted by molar-refractivity contribution is 1.11. The minimum absolute atomic E-state index is 0.993. The molecule has 0 amide bonds. The van der Waals surface area contributed by atoms with Gasteiger partial charge in [-0.15, -0.1) is 0 Å². The van der Waals surface area contributed by atoms with Crippen LogP contribution in [-0.2, 0) is 6.42 Å². The molecule has 0 unspecified atom stereocenters. The summed E-state index contributed by atoms with van der Waals surface area (Å²) in [5.74, 6) is 0. The van der Waals surface area contributed by atoms with Gasteiger partial charge in [0.1, 0.15) is 0 Å². The van der Waals surface area contributed by atoms with Crippen LogP contribution in [0.25, 0.3) is 0 Å². The molecule has 0 radical (unpaired) electrons. The molecule has 0 atom stereocenters. The number of hydrogen-bond acceptors (Lipinski definition) is 1. The molecule has 72 valence electrons. The molecule has 0 heterocycles. The van der Waals surface area contributed by atoms with E-state index in [1.807, 2.05) is 0 Å². The molecular formula is C12H19N. The predicted molar refractivity (Wildman–Crippen MR) is 59.5 cm³/mol. The Labute approximate surface area is 81.2 Å². The summed E-state index contributed by atoms with van der Waals surface area (Å²) < 4.78 is 0. The Hall–Kier alpha value is -0.980. The molecule has 1 aromatic carbocycles. The molecule has 0 spiro atoms. The van der Waals surface area contributed by atoms with Gasteiger partial charge in [-0.3, -0.25) is 0 Å². The summed E-state index contributed by atoms with van der Waals surface area (Å²) >= 11 is 0. The van der Waals surface area contributed by atoms with E-state index in [0.29, 0.717) is 0 Å². The summed E-state index contributed by atoms with van der Waals surface area (Å²) in [5, 5.41) is 3.40. The highest BCUT2D eigenvalue weighted by Gasteiger charge is 2.02. The van der Waals surface area contributed by atoms with Crippen molar-refractivity contribution in [3.05, 3.63) is 28.8 Å². The second-order valence-electron chi connectivity index (χ2n) is 3.49. The zero-order valence-corrected chi connectivity index (χ0v) is 9.07. The van der Waals surface area contributed by atoms with Gasteiger partial charge in [0.25, 0.3) is 0 Å². The van der Waals surface area contributed by atoms with Crippen molar-refractivity contribution in [2.45, 2.75) is 34.1 Å². The third-order valence-electron chi connectivity index (χ3n) is 2.35. The van der Waals surface area contributed by atoms with Gasteiger partial charge in [0.2, 0.25) is 0 Å². The van der Waals surface area contributed by atoms with Crippen LogP contribution in [0, 0.1) is 13.8 Å². The average molecular weight is 177 g/mol. The van der Waals surface area contributed by atoms with Crippen molar-refractivity contribution in [1.29, 1.82) is 0 Å². The minimum atomic E-state index is 0.993. The maximum atomic E-state index is 3.40. The number of anilines is 1. The Morgan fingerprint density at radius 3 is 2.00 bits per heavy atom. The van der Waals surface area contributed by atoms with Crippen molar-refractivity contribution in [3.8, 4) is 0 Å². The average Bonchev–Trinajstić information content (AvgIpc) is 2.11. The fraction of sp³-hybridized carbons (Fsp3) is 0.500. The molecule has 0 saturated heterocycles. The third-order valence-corrected chi connectivity index (χ3v) is 2.35. The van der Waals surface area contributed by atoms with E-state index in [2.05, 4.69) is 45.1 Å². The number of hydrogen-bond donors (Lipinski definition) is 1. The Bertz CT molecular complexity index is 266. The Morgan fingerprint density at radius 1 is 1.08 bits per heavy atom. The van der Waals surface area contributed by atoms with Gasteiger partial charge in [0, 0.05) is 12.2 Å². The molecule has 0 aromatic heterocycles. The lowest BCUT2D eigenvalue weighted by Gasteiger charge is -2.12. The molecule has 0 aliphatic carbocycles. The number of benzene rings is 1. The van der Waals surface area contributed by atoms with Crippen molar-refractivity contribution < 1.29 is 0 Å². The summed E-state index contributed by atoms with van der Waals surface area (Å²) in [6, 6.07) is 4.54. The molecule has 13 heavy (non-hydrogen) atoms. The maximum absolute atomic E-state index is 3.40. The molecule has 1 rings (SSSR count). The standard InChI is InChI=1S/C12H19N/c1-5-11-7-9(3)12(13-6-2)10(4)8-11/h7-8,13H,5-6H2,1-4H3. The van der Waals surface area contributed by atoms with Gasteiger partial charge in [-0.25, -0.2) is 0 Å². The molecule has 0 bridgehead atoms. The van der Waals surface area contributed by atoms with Crippen LogP contribution in [0.5, 0.6) is 0 Å². The minimum Gasteiger partial charge on any atom is -0.385 e. The summed E-state index contributed by atoms with van der Waals surface area (Å²) in [4.78, 5) is 0. The lowest BCUT2D eigenvalue weighted by Crippen LogP contribution is -2.01. The fourth-order valence-corrected chi connectivity index (χ4v) is 1.71. The van der Waals surface area contributed by atoms with Crippen LogP contribution in [0.3, 0.4) is 0 Å². The monoisotopic (exact) mass is 177 g/mol. The topological polar surface area (TPSA) is 12.0 Å². The molecule has 0 fully saturated rings. The molecule has 0 aliphatic rings. The third kappa shape index (κ3) is 2.24. The molecule has 1 aromatic rings. The van der Waals surface area contributed by atoms with E-state index < -0.39 is 0 Å². The molecule has 0 saturated carbocycles. The van der Waals surface area contributed by atoms with Crippen LogP contribution in [0.15, 0.2) is 12.1 Å². The van der Waals surface area contributed by atoms with Crippen molar-refractivity contribution in [1.82, 2.24) is 0 Å².